The van der Waals surface area contributed by atoms with E-state index < -0.39 is 10.9 Å². The third kappa shape index (κ3) is 4.70. The molecule has 19 heavy (non-hydrogen) atoms. The number of nitro benzene ring substituents is 1. The minimum Gasteiger partial charge on any atom is -0.482 e. The first-order chi connectivity index (χ1) is 9.06. The van der Waals surface area contributed by atoms with Crippen LogP contribution in [0.5, 0.6) is 5.75 Å². The fraction of sp³-hybridized carbons (Fsp3) is 0.250. The zero-order valence-electron chi connectivity index (χ0n) is 10.2. The van der Waals surface area contributed by atoms with Gasteiger partial charge in [-0.15, -0.1) is 0 Å². The SMILES string of the molecule is CCOC(=O)/C=C/COc1c(Br)cccc1[N+](=O)[O-]. The van der Waals surface area contributed by atoms with Crippen molar-refractivity contribution in [3.63, 3.8) is 0 Å². The summed E-state index contributed by atoms with van der Waals surface area (Å²) in [5, 5.41) is 10.8. The number of hydrogen-bond donors (Lipinski definition) is 0. The number of esters is 1. The molecular formula is C12H12BrNO5. The standard InChI is InChI=1S/C12H12BrNO5/c1-2-18-11(15)7-4-8-19-12-9(13)5-3-6-10(12)14(16)17/h3-7H,2,8H2,1H3/b7-4+. The topological polar surface area (TPSA) is 78.7 Å². The summed E-state index contributed by atoms with van der Waals surface area (Å²) in [5.74, 6) is -0.353. The van der Waals surface area contributed by atoms with Crippen LogP contribution in [0, 0.1) is 10.1 Å². The van der Waals surface area contributed by atoms with Crippen molar-refractivity contribution in [2.75, 3.05) is 13.2 Å². The highest BCUT2D eigenvalue weighted by atomic mass is 79.9. The molecule has 0 unspecified atom stereocenters. The molecule has 0 heterocycles. The van der Waals surface area contributed by atoms with Crippen LogP contribution < -0.4 is 4.74 Å². The second kappa shape index (κ2) is 7.52. The van der Waals surface area contributed by atoms with Gasteiger partial charge in [0.1, 0.15) is 6.61 Å². The number of ether oxygens (including phenoxy) is 2. The summed E-state index contributed by atoms with van der Waals surface area (Å²) in [7, 11) is 0. The van der Waals surface area contributed by atoms with E-state index in [0.717, 1.165) is 0 Å². The number of para-hydroxylation sites is 1. The lowest BCUT2D eigenvalue weighted by Gasteiger charge is -2.06. The van der Waals surface area contributed by atoms with Crippen LogP contribution in [0.3, 0.4) is 0 Å². The number of nitrogens with zero attached hydrogens (tertiary/aromatic N) is 1. The molecule has 1 rings (SSSR count). The maximum Gasteiger partial charge on any atom is 0.330 e. The molecule has 0 saturated heterocycles. The summed E-state index contributed by atoms with van der Waals surface area (Å²) in [6.45, 7) is 2.02. The molecule has 0 saturated carbocycles. The molecule has 0 spiro atoms. The van der Waals surface area contributed by atoms with Crippen LogP contribution in [0.4, 0.5) is 5.69 Å². The van der Waals surface area contributed by atoms with Crippen LogP contribution in [-0.2, 0) is 9.53 Å². The fourth-order valence-electron chi connectivity index (χ4n) is 1.25. The number of carbonyl (C=O) groups excluding carboxylic acids is 1. The lowest BCUT2D eigenvalue weighted by molar-refractivity contribution is -0.385. The van der Waals surface area contributed by atoms with Gasteiger partial charge in [0.2, 0.25) is 5.75 Å². The lowest BCUT2D eigenvalue weighted by atomic mass is 10.3. The molecule has 0 amide bonds. The smallest absolute Gasteiger partial charge is 0.330 e. The van der Waals surface area contributed by atoms with Crippen LogP contribution in [-0.4, -0.2) is 24.1 Å². The summed E-state index contributed by atoms with van der Waals surface area (Å²) < 4.78 is 10.4. The van der Waals surface area contributed by atoms with Crippen molar-refractivity contribution in [1.82, 2.24) is 0 Å². The predicted octanol–water partition coefficient (Wildman–Crippen LogP) is 2.86. The van der Waals surface area contributed by atoms with Gasteiger partial charge in [-0.2, -0.15) is 0 Å². The summed E-state index contributed by atoms with van der Waals surface area (Å²) in [6, 6.07) is 4.52. The van der Waals surface area contributed by atoms with E-state index in [1.807, 2.05) is 0 Å². The van der Waals surface area contributed by atoms with Crippen LogP contribution in [0.1, 0.15) is 6.92 Å². The first-order valence-electron chi connectivity index (χ1n) is 5.45. The predicted molar refractivity (Wildman–Crippen MR) is 72.1 cm³/mol. The molecule has 0 aromatic heterocycles. The average Bonchev–Trinajstić information content (AvgIpc) is 2.36. The van der Waals surface area contributed by atoms with Gasteiger partial charge in [0.25, 0.3) is 0 Å². The summed E-state index contributed by atoms with van der Waals surface area (Å²) in [5.41, 5.74) is -0.140. The van der Waals surface area contributed by atoms with E-state index in [2.05, 4.69) is 20.7 Å². The van der Waals surface area contributed by atoms with E-state index in [1.54, 1.807) is 19.1 Å². The number of hydrogen-bond acceptors (Lipinski definition) is 5. The molecule has 0 radical (unpaired) electrons. The molecule has 0 aliphatic rings. The van der Waals surface area contributed by atoms with Gasteiger partial charge in [0.05, 0.1) is 16.0 Å². The highest BCUT2D eigenvalue weighted by Gasteiger charge is 2.17. The Hall–Kier alpha value is -1.89. The minimum absolute atomic E-state index is 0.0300. The molecule has 0 aliphatic heterocycles. The Morgan fingerprint density at radius 2 is 2.26 bits per heavy atom. The Labute approximate surface area is 118 Å². The zero-order chi connectivity index (χ0) is 14.3. The van der Waals surface area contributed by atoms with Crippen LogP contribution in [0.15, 0.2) is 34.8 Å². The molecule has 7 heteroatoms. The van der Waals surface area contributed by atoms with Gasteiger partial charge in [-0.3, -0.25) is 10.1 Å². The maximum atomic E-state index is 11.0. The molecule has 6 nitrogen and oxygen atoms in total. The number of carbonyl (C=O) groups is 1. The Morgan fingerprint density at radius 3 is 2.89 bits per heavy atom. The number of benzene rings is 1. The van der Waals surface area contributed by atoms with Crippen molar-refractivity contribution in [3.8, 4) is 5.75 Å². The van der Waals surface area contributed by atoms with Crippen LogP contribution in [0.2, 0.25) is 0 Å². The van der Waals surface area contributed by atoms with Gasteiger partial charge < -0.3 is 9.47 Å². The largest absolute Gasteiger partial charge is 0.482 e. The van der Waals surface area contributed by atoms with Gasteiger partial charge in [-0.1, -0.05) is 6.07 Å². The van der Waals surface area contributed by atoms with Crippen LogP contribution >= 0.6 is 15.9 Å². The van der Waals surface area contributed by atoms with Gasteiger partial charge in [0, 0.05) is 12.1 Å². The Morgan fingerprint density at radius 1 is 1.53 bits per heavy atom. The first kappa shape index (κ1) is 15.2. The van der Waals surface area contributed by atoms with E-state index in [-0.39, 0.29) is 18.0 Å². The van der Waals surface area contributed by atoms with Crippen molar-refractivity contribution in [2.45, 2.75) is 6.92 Å². The number of nitro groups is 1. The second-order valence-corrected chi connectivity index (χ2v) is 4.16. The van der Waals surface area contributed by atoms with Crippen molar-refractivity contribution in [2.24, 2.45) is 0 Å². The quantitative estimate of drug-likeness (QED) is 0.347. The average molecular weight is 330 g/mol. The molecule has 0 bridgehead atoms. The van der Waals surface area contributed by atoms with E-state index in [0.29, 0.717) is 11.1 Å². The van der Waals surface area contributed by atoms with E-state index in [9.17, 15) is 14.9 Å². The molecular weight excluding hydrogens is 318 g/mol. The number of halogens is 1. The molecule has 1 aromatic carbocycles. The first-order valence-corrected chi connectivity index (χ1v) is 6.24. The van der Waals surface area contributed by atoms with Crippen molar-refractivity contribution >= 4 is 27.6 Å². The molecule has 102 valence electrons. The molecule has 0 fully saturated rings. The molecule has 0 aliphatic carbocycles. The van der Waals surface area contributed by atoms with Crippen LogP contribution in [0.25, 0.3) is 0 Å². The van der Waals surface area contributed by atoms with Crippen molar-refractivity contribution < 1.29 is 19.2 Å². The summed E-state index contributed by atoms with van der Waals surface area (Å²) in [6.07, 6.45) is 2.65. The molecule has 0 atom stereocenters. The van der Waals surface area contributed by atoms with E-state index >= 15 is 0 Å². The van der Waals surface area contributed by atoms with E-state index in [4.69, 9.17) is 4.74 Å². The highest BCUT2D eigenvalue weighted by Crippen LogP contribution is 2.34. The van der Waals surface area contributed by atoms with Gasteiger partial charge in [-0.05, 0) is 35.0 Å². The van der Waals surface area contributed by atoms with Crippen molar-refractivity contribution in [3.05, 3.63) is 44.9 Å². The van der Waals surface area contributed by atoms with Gasteiger partial charge >= 0.3 is 11.7 Å². The lowest BCUT2D eigenvalue weighted by Crippen LogP contribution is -2.02. The van der Waals surface area contributed by atoms with E-state index in [1.165, 1.54) is 18.2 Å². The fourth-order valence-corrected chi connectivity index (χ4v) is 1.72. The summed E-state index contributed by atoms with van der Waals surface area (Å²) in [4.78, 5) is 21.3. The summed E-state index contributed by atoms with van der Waals surface area (Å²) >= 11 is 3.18. The monoisotopic (exact) mass is 329 g/mol. The highest BCUT2D eigenvalue weighted by molar-refractivity contribution is 9.10. The minimum atomic E-state index is -0.533. The Kier molecular flexibility index (Phi) is 6.01. The Bertz CT molecular complexity index is 501. The number of rotatable bonds is 6. The molecule has 1 aromatic rings. The van der Waals surface area contributed by atoms with Crippen molar-refractivity contribution in [1.29, 1.82) is 0 Å². The zero-order valence-corrected chi connectivity index (χ0v) is 11.8. The van der Waals surface area contributed by atoms with Gasteiger partial charge in [-0.25, -0.2) is 4.79 Å². The Balaban J connectivity index is 2.68. The second-order valence-electron chi connectivity index (χ2n) is 3.31. The molecule has 0 N–H and O–H groups in total. The third-order valence-corrected chi connectivity index (χ3v) is 2.63. The van der Waals surface area contributed by atoms with Gasteiger partial charge in [0.15, 0.2) is 0 Å². The maximum absolute atomic E-state index is 11.0. The third-order valence-electron chi connectivity index (χ3n) is 2.01. The normalized spacial score (nSPS) is 10.4.